The highest BCUT2D eigenvalue weighted by Gasteiger charge is 2.35. The molecule has 2 heterocycles. The van der Waals surface area contributed by atoms with Crippen molar-refractivity contribution in [2.24, 2.45) is 0 Å². The molecule has 1 aromatic heterocycles. The van der Waals surface area contributed by atoms with Gasteiger partial charge in [-0.05, 0) is 60.3 Å². The van der Waals surface area contributed by atoms with Gasteiger partial charge >= 0.3 is 0 Å². The van der Waals surface area contributed by atoms with E-state index in [1.54, 1.807) is 0 Å². The summed E-state index contributed by atoms with van der Waals surface area (Å²) < 4.78 is 1.03. The molecule has 2 fully saturated rings. The van der Waals surface area contributed by atoms with E-state index < -0.39 is 0 Å². The first-order valence-electron chi connectivity index (χ1n) is 7.04. The van der Waals surface area contributed by atoms with Gasteiger partial charge in [0.25, 0.3) is 5.91 Å². The number of thiophene rings is 1. The highest BCUT2D eigenvalue weighted by atomic mass is 79.9. The van der Waals surface area contributed by atoms with E-state index in [0.717, 1.165) is 21.8 Å². The average molecular weight is 343 g/mol. The van der Waals surface area contributed by atoms with E-state index in [4.69, 9.17) is 0 Å². The molecule has 0 bridgehead atoms. The standard InChI is InChI=1S/C14H19BrN2OS/c15-13-7-6-12(19-13)14(18)17(11-4-5-11)9-10-3-1-2-8-16-10/h6-7,10-11,16H,1-5,8-9H2. The van der Waals surface area contributed by atoms with Gasteiger partial charge in [-0.2, -0.15) is 0 Å². The van der Waals surface area contributed by atoms with Crippen molar-refractivity contribution in [2.75, 3.05) is 13.1 Å². The van der Waals surface area contributed by atoms with Crippen LogP contribution in [0.4, 0.5) is 0 Å². The van der Waals surface area contributed by atoms with Crippen LogP contribution in [0.15, 0.2) is 15.9 Å². The maximum absolute atomic E-state index is 12.6. The summed E-state index contributed by atoms with van der Waals surface area (Å²) in [5, 5.41) is 3.54. The number of carbonyl (C=O) groups is 1. The van der Waals surface area contributed by atoms with Gasteiger partial charge in [0, 0.05) is 18.6 Å². The maximum Gasteiger partial charge on any atom is 0.264 e. The highest BCUT2D eigenvalue weighted by Crippen LogP contribution is 2.31. The number of hydrogen-bond acceptors (Lipinski definition) is 3. The van der Waals surface area contributed by atoms with Gasteiger partial charge in [-0.15, -0.1) is 11.3 Å². The topological polar surface area (TPSA) is 32.3 Å². The Labute approximate surface area is 126 Å². The second kappa shape index (κ2) is 5.94. The average Bonchev–Trinajstić information content (AvgIpc) is 3.18. The molecule has 19 heavy (non-hydrogen) atoms. The summed E-state index contributed by atoms with van der Waals surface area (Å²) in [6.07, 6.45) is 6.10. The van der Waals surface area contributed by atoms with Gasteiger partial charge in [0.1, 0.15) is 0 Å². The number of nitrogens with one attached hydrogen (secondary N) is 1. The van der Waals surface area contributed by atoms with Crippen molar-refractivity contribution in [3.63, 3.8) is 0 Å². The summed E-state index contributed by atoms with van der Waals surface area (Å²) >= 11 is 4.97. The third kappa shape index (κ3) is 3.38. The smallest absolute Gasteiger partial charge is 0.264 e. The zero-order chi connectivity index (χ0) is 13.2. The zero-order valence-electron chi connectivity index (χ0n) is 10.9. The molecule has 1 amide bonds. The summed E-state index contributed by atoms with van der Waals surface area (Å²) in [6, 6.07) is 4.86. The van der Waals surface area contributed by atoms with Crippen LogP contribution in [0.3, 0.4) is 0 Å². The van der Waals surface area contributed by atoms with Crippen molar-refractivity contribution < 1.29 is 4.79 Å². The van der Waals surface area contributed by atoms with E-state index in [2.05, 4.69) is 26.1 Å². The molecule has 3 rings (SSSR count). The second-order valence-corrected chi connectivity index (χ2v) is 7.90. The molecule has 2 aliphatic rings. The molecular weight excluding hydrogens is 324 g/mol. The molecule has 104 valence electrons. The number of amides is 1. The van der Waals surface area contributed by atoms with E-state index in [1.165, 1.54) is 43.4 Å². The molecule has 1 saturated carbocycles. The molecule has 1 saturated heterocycles. The van der Waals surface area contributed by atoms with Crippen LogP contribution >= 0.6 is 27.3 Å². The van der Waals surface area contributed by atoms with E-state index in [-0.39, 0.29) is 5.91 Å². The van der Waals surface area contributed by atoms with Crippen molar-refractivity contribution in [3.8, 4) is 0 Å². The van der Waals surface area contributed by atoms with E-state index in [9.17, 15) is 4.79 Å². The first-order chi connectivity index (χ1) is 9.24. The Bertz CT molecular complexity index is 452. The lowest BCUT2D eigenvalue weighted by Crippen LogP contribution is -2.46. The minimum absolute atomic E-state index is 0.213. The van der Waals surface area contributed by atoms with Gasteiger partial charge in [0.2, 0.25) is 0 Å². The van der Waals surface area contributed by atoms with E-state index in [0.29, 0.717) is 12.1 Å². The Morgan fingerprint density at radius 2 is 2.21 bits per heavy atom. The monoisotopic (exact) mass is 342 g/mol. The Kier molecular flexibility index (Phi) is 4.24. The molecule has 1 aliphatic carbocycles. The van der Waals surface area contributed by atoms with Crippen LogP contribution in [0.5, 0.6) is 0 Å². The summed E-state index contributed by atoms with van der Waals surface area (Å²) in [6.45, 7) is 1.97. The Morgan fingerprint density at radius 3 is 2.79 bits per heavy atom. The molecule has 1 atom stereocenters. The maximum atomic E-state index is 12.6. The molecule has 0 aromatic carbocycles. The van der Waals surface area contributed by atoms with Crippen molar-refractivity contribution in [1.82, 2.24) is 10.2 Å². The Hall–Kier alpha value is -0.390. The normalized spacial score (nSPS) is 23.3. The zero-order valence-corrected chi connectivity index (χ0v) is 13.3. The quantitative estimate of drug-likeness (QED) is 0.910. The first kappa shape index (κ1) is 13.6. The van der Waals surface area contributed by atoms with Gasteiger partial charge in [0.05, 0.1) is 8.66 Å². The van der Waals surface area contributed by atoms with Crippen molar-refractivity contribution in [3.05, 3.63) is 20.8 Å². The number of halogens is 1. The van der Waals surface area contributed by atoms with Crippen molar-refractivity contribution in [2.45, 2.75) is 44.2 Å². The molecule has 0 radical (unpaired) electrons. The molecule has 1 aromatic rings. The fourth-order valence-corrected chi connectivity index (χ4v) is 4.01. The van der Waals surface area contributed by atoms with Crippen LogP contribution < -0.4 is 5.32 Å². The van der Waals surface area contributed by atoms with Crippen molar-refractivity contribution in [1.29, 1.82) is 0 Å². The lowest BCUT2D eigenvalue weighted by Gasteiger charge is -2.30. The van der Waals surface area contributed by atoms with Gasteiger partial charge < -0.3 is 10.2 Å². The van der Waals surface area contributed by atoms with Crippen LogP contribution in [0, 0.1) is 0 Å². The van der Waals surface area contributed by atoms with E-state index in [1.807, 2.05) is 12.1 Å². The lowest BCUT2D eigenvalue weighted by atomic mass is 10.0. The van der Waals surface area contributed by atoms with Crippen LogP contribution in [0.1, 0.15) is 41.8 Å². The van der Waals surface area contributed by atoms with Gasteiger partial charge in [-0.1, -0.05) is 6.42 Å². The summed E-state index contributed by atoms with van der Waals surface area (Å²) in [5.74, 6) is 0.213. The number of nitrogens with zero attached hydrogens (tertiary/aromatic N) is 1. The SMILES string of the molecule is O=C(c1ccc(Br)s1)N(CC1CCCCN1)C1CC1. The summed E-state index contributed by atoms with van der Waals surface area (Å²) in [4.78, 5) is 15.6. The largest absolute Gasteiger partial charge is 0.333 e. The minimum Gasteiger partial charge on any atom is -0.333 e. The molecule has 3 nitrogen and oxygen atoms in total. The number of carbonyl (C=O) groups excluding carboxylic acids is 1. The molecule has 1 unspecified atom stereocenters. The highest BCUT2D eigenvalue weighted by molar-refractivity contribution is 9.11. The number of hydrogen-bond donors (Lipinski definition) is 1. The molecule has 5 heteroatoms. The minimum atomic E-state index is 0.213. The number of piperidine rings is 1. The second-order valence-electron chi connectivity index (χ2n) is 5.44. The fraction of sp³-hybridized carbons (Fsp3) is 0.643. The Balaban J connectivity index is 1.68. The fourth-order valence-electron chi connectivity index (χ4n) is 2.67. The van der Waals surface area contributed by atoms with Crippen LogP contribution in [-0.2, 0) is 0 Å². The van der Waals surface area contributed by atoms with Crippen molar-refractivity contribution >= 4 is 33.2 Å². The lowest BCUT2D eigenvalue weighted by molar-refractivity contribution is 0.0723. The van der Waals surface area contributed by atoms with Gasteiger partial charge in [-0.3, -0.25) is 4.79 Å². The molecular formula is C14H19BrN2OS. The first-order valence-corrected chi connectivity index (χ1v) is 8.64. The Morgan fingerprint density at radius 1 is 1.37 bits per heavy atom. The predicted molar refractivity (Wildman–Crippen MR) is 81.7 cm³/mol. The van der Waals surface area contributed by atoms with Crippen LogP contribution in [-0.4, -0.2) is 36.0 Å². The summed E-state index contributed by atoms with van der Waals surface area (Å²) in [5.41, 5.74) is 0. The molecule has 0 spiro atoms. The van der Waals surface area contributed by atoms with Crippen LogP contribution in [0.2, 0.25) is 0 Å². The number of rotatable bonds is 4. The van der Waals surface area contributed by atoms with Gasteiger partial charge in [-0.25, -0.2) is 0 Å². The van der Waals surface area contributed by atoms with Gasteiger partial charge in [0.15, 0.2) is 0 Å². The van der Waals surface area contributed by atoms with E-state index >= 15 is 0 Å². The molecule has 1 aliphatic heterocycles. The summed E-state index contributed by atoms with van der Waals surface area (Å²) in [7, 11) is 0. The third-order valence-electron chi connectivity index (χ3n) is 3.86. The molecule has 1 N–H and O–H groups in total. The predicted octanol–water partition coefficient (Wildman–Crippen LogP) is 3.26. The third-order valence-corrected chi connectivity index (χ3v) is 5.47. The van der Waals surface area contributed by atoms with Crippen LogP contribution in [0.25, 0.3) is 0 Å².